The van der Waals surface area contributed by atoms with E-state index in [1.165, 1.54) is 10.4 Å². The molecule has 0 radical (unpaired) electrons. The van der Waals surface area contributed by atoms with Crippen molar-refractivity contribution in [2.75, 3.05) is 13.7 Å². The molecule has 0 spiro atoms. The average molecular weight is 337 g/mol. The lowest BCUT2D eigenvalue weighted by Gasteiger charge is -2.04. The van der Waals surface area contributed by atoms with E-state index in [1.807, 2.05) is 12.1 Å². The number of carboxylic acid groups (broad SMARTS) is 2. The highest BCUT2D eigenvalue weighted by Crippen LogP contribution is 2.11. The van der Waals surface area contributed by atoms with Gasteiger partial charge in [0.15, 0.2) is 0 Å². The second kappa shape index (κ2) is 10.4. The topological polar surface area (TPSA) is 95.9 Å². The molecule has 1 aromatic heterocycles. The van der Waals surface area contributed by atoms with Gasteiger partial charge < -0.3 is 20.3 Å². The Bertz CT molecular complexity index is 583. The first-order valence-corrected chi connectivity index (χ1v) is 7.73. The first-order valence-electron chi connectivity index (χ1n) is 6.85. The summed E-state index contributed by atoms with van der Waals surface area (Å²) in [6.07, 6.45) is 1.05. The van der Waals surface area contributed by atoms with E-state index in [1.54, 1.807) is 18.4 Å². The summed E-state index contributed by atoms with van der Waals surface area (Å²) in [5.74, 6) is -2.73. The van der Waals surface area contributed by atoms with E-state index >= 15 is 0 Å². The fourth-order valence-corrected chi connectivity index (χ4v) is 2.32. The molecular formula is C16H19NO5S. The summed E-state index contributed by atoms with van der Waals surface area (Å²) in [4.78, 5) is 19.6. The Labute approximate surface area is 138 Å². The maximum absolute atomic E-state index is 9.10. The van der Waals surface area contributed by atoms with Gasteiger partial charge in [-0.3, -0.25) is 0 Å². The van der Waals surface area contributed by atoms with Gasteiger partial charge in [0.25, 0.3) is 0 Å². The van der Waals surface area contributed by atoms with E-state index < -0.39 is 11.9 Å². The molecule has 0 amide bonds. The normalized spacial score (nSPS) is 9.61. The van der Waals surface area contributed by atoms with Gasteiger partial charge in [0.05, 0.1) is 7.11 Å². The van der Waals surface area contributed by atoms with Gasteiger partial charge in [-0.15, -0.1) is 11.3 Å². The largest absolute Gasteiger partial charge is 0.497 e. The molecule has 0 saturated heterocycles. The molecule has 2 rings (SSSR count). The number of carbonyl (C=O) groups is 2. The molecule has 0 aliphatic heterocycles. The lowest BCUT2D eigenvalue weighted by Crippen LogP contribution is -2.15. The first-order chi connectivity index (χ1) is 11.0. The average Bonchev–Trinajstić information content (AvgIpc) is 3.06. The molecule has 0 atom stereocenters. The lowest BCUT2D eigenvalue weighted by molar-refractivity contribution is -0.159. The summed E-state index contributed by atoms with van der Waals surface area (Å²) in [6, 6.07) is 12.5. The summed E-state index contributed by atoms with van der Waals surface area (Å²) >= 11 is 1.80. The van der Waals surface area contributed by atoms with Crippen LogP contribution in [0.3, 0.4) is 0 Å². The van der Waals surface area contributed by atoms with Crippen LogP contribution in [0.2, 0.25) is 0 Å². The van der Waals surface area contributed by atoms with Crippen LogP contribution in [0.25, 0.3) is 0 Å². The van der Waals surface area contributed by atoms with E-state index in [0.29, 0.717) is 0 Å². The lowest BCUT2D eigenvalue weighted by atomic mass is 10.1. The van der Waals surface area contributed by atoms with Crippen molar-refractivity contribution in [3.8, 4) is 5.75 Å². The molecule has 0 saturated carbocycles. The van der Waals surface area contributed by atoms with E-state index in [4.69, 9.17) is 24.5 Å². The Morgan fingerprint density at radius 2 is 1.78 bits per heavy atom. The molecule has 3 N–H and O–H groups in total. The van der Waals surface area contributed by atoms with Crippen molar-refractivity contribution in [1.82, 2.24) is 5.32 Å². The molecule has 0 aliphatic carbocycles. The Balaban J connectivity index is 0.000000379. The molecule has 124 valence electrons. The van der Waals surface area contributed by atoms with E-state index in [0.717, 1.165) is 25.3 Å². The van der Waals surface area contributed by atoms with Crippen LogP contribution in [0.15, 0.2) is 41.8 Å². The zero-order chi connectivity index (χ0) is 17.1. The molecule has 2 aromatic rings. The highest BCUT2D eigenvalue weighted by atomic mass is 32.1. The molecule has 7 heteroatoms. The second-order valence-corrected chi connectivity index (χ2v) is 5.50. The first kappa shape index (κ1) is 18.7. The third kappa shape index (κ3) is 7.98. The standard InChI is InChI=1S/C14H17NOS.C2H2O4/c1-16-13-6-4-12(5-7-13)8-9-15-11-14-3-2-10-17-14;3-1(4)2(5)6/h2-7,10,15H,8-9,11H2,1H3;(H,3,4)(H,5,6). The number of aliphatic carboxylic acids is 2. The summed E-state index contributed by atoms with van der Waals surface area (Å²) in [5, 5.41) is 20.3. The molecule has 23 heavy (non-hydrogen) atoms. The van der Waals surface area contributed by atoms with Gasteiger partial charge in [0.1, 0.15) is 5.75 Å². The highest BCUT2D eigenvalue weighted by Gasteiger charge is 2.04. The van der Waals surface area contributed by atoms with E-state index in [-0.39, 0.29) is 0 Å². The SMILES string of the molecule is COc1ccc(CCNCc2cccs2)cc1.O=C(O)C(=O)O. The number of nitrogens with one attached hydrogen (secondary N) is 1. The number of hydrogen-bond acceptors (Lipinski definition) is 5. The highest BCUT2D eigenvalue weighted by molar-refractivity contribution is 7.09. The van der Waals surface area contributed by atoms with Crippen LogP contribution in [-0.4, -0.2) is 35.8 Å². The Hall–Kier alpha value is -2.38. The summed E-state index contributed by atoms with van der Waals surface area (Å²) in [7, 11) is 1.69. The number of carboxylic acids is 2. The number of rotatable bonds is 6. The number of thiophene rings is 1. The fourth-order valence-electron chi connectivity index (χ4n) is 1.65. The van der Waals surface area contributed by atoms with Crippen molar-refractivity contribution >= 4 is 23.3 Å². The van der Waals surface area contributed by atoms with Crippen LogP contribution in [-0.2, 0) is 22.6 Å². The maximum atomic E-state index is 9.10. The van der Waals surface area contributed by atoms with Gasteiger partial charge in [0.2, 0.25) is 0 Å². The summed E-state index contributed by atoms with van der Waals surface area (Å²) in [5.41, 5.74) is 1.34. The van der Waals surface area contributed by atoms with Crippen molar-refractivity contribution in [3.05, 3.63) is 52.2 Å². The van der Waals surface area contributed by atoms with Gasteiger partial charge in [-0.05, 0) is 42.1 Å². The minimum atomic E-state index is -1.82. The molecule has 0 aliphatic rings. The predicted octanol–water partition coefficient (Wildman–Crippen LogP) is 2.24. The number of methoxy groups -OCH3 is 1. The van der Waals surface area contributed by atoms with Crippen LogP contribution in [0.4, 0.5) is 0 Å². The smallest absolute Gasteiger partial charge is 0.414 e. The Morgan fingerprint density at radius 3 is 2.26 bits per heavy atom. The second-order valence-electron chi connectivity index (χ2n) is 4.46. The quantitative estimate of drug-likeness (QED) is 0.553. The molecule has 1 heterocycles. The Kier molecular flexibility index (Phi) is 8.41. The van der Waals surface area contributed by atoms with Crippen molar-refractivity contribution in [3.63, 3.8) is 0 Å². The molecular weight excluding hydrogens is 318 g/mol. The van der Waals surface area contributed by atoms with Crippen molar-refractivity contribution in [2.45, 2.75) is 13.0 Å². The minimum Gasteiger partial charge on any atom is -0.497 e. The third-order valence-electron chi connectivity index (χ3n) is 2.81. The Morgan fingerprint density at radius 1 is 1.13 bits per heavy atom. The molecule has 0 bridgehead atoms. The van der Waals surface area contributed by atoms with Crippen LogP contribution in [0.1, 0.15) is 10.4 Å². The zero-order valence-corrected chi connectivity index (χ0v) is 13.5. The van der Waals surface area contributed by atoms with Crippen LogP contribution in [0.5, 0.6) is 5.75 Å². The van der Waals surface area contributed by atoms with Crippen LogP contribution < -0.4 is 10.1 Å². The zero-order valence-electron chi connectivity index (χ0n) is 12.7. The van der Waals surface area contributed by atoms with Crippen LogP contribution in [0, 0.1) is 0 Å². The molecule has 0 unspecified atom stereocenters. The number of ether oxygens (including phenoxy) is 1. The van der Waals surface area contributed by atoms with Gasteiger partial charge in [0, 0.05) is 11.4 Å². The van der Waals surface area contributed by atoms with E-state index in [2.05, 4.69) is 35.0 Å². The summed E-state index contributed by atoms with van der Waals surface area (Å²) < 4.78 is 5.13. The number of benzene rings is 1. The van der Waals surface area contributed by atoms with Crippen molar-refractivity contribution in [1.29, 1.82) is 0 Å². The molecule has 0 fully saturated rings. The van der Waals surface area contributed by atoms with Crippen molar-refractivity contribution < 1.29 is 24.5 Å². The van der Waals surface area contributed by atoms with Crippen molar-refractivity contribution in [2.24, 2.45) is 0 Å². The number of hydrogen-bond donors (Lipinski definition) is 3. The maximum Gasteiger partial charge on any atom is 0.414 e. The summed E-state index contributed by atoms with van der Waals surface area (Å²) in [6.45, 7) is 1.97. The monoisotopic (exact) mass is 337 g/mol. The van der Waals surface area contributed by atoms with Crippen LogP contribution >= 0.6 is 11.3 Å². The van der Waals surface area contributed by atoms with E-state index in [9.17, 15) is 0 Å². The third-order valence-corrected chi connectivity index (χ3v) is 3.69. The van der Waals surface area contributed by atoms with Gasteiger partial charge in [-0.25, -0.2) is 9.59 Å². The molecule has 1 aromatic carbocycles. The fraction of sp³-hybridized carbons (Fsp3) is 0.250. The van der Waals surface area contributed by atoms with Gasteiger partial charge in [-0.1, -0.05) is 18.2 Å². The predicted molar refractivity (Wildman–Crippen MR) is 88.0 cm³/mol. The van der Waals surface area contributed by atoms with Gasteiger partial charge in [-0.2, -0.15) is 0 Å². The minimum absolute atomic E-state index is 0.917. The van der Waals surface area contributed by atoms with Gasteiger partial charge >= 0.3 is 11.9 Å². The molecule has 6 nitrogen and oxygen atoms in total.